The summed E-state index contributed by atoms with van der Waals surface area (Å²) in [4.78, 5) is 38.0. The lowest BCUT2D eigenvalue weighted by Crippen LogP contribution is -2.30. The molecular weight excluding hydrogens is 733 g/mol. The van der Waals surface area contributed by atoms with Crippen LogP contribution in [0.15, 0.2) is 0 Å². The molecule has 0 spiro atoms. The molecule has 0 radical (unpaired) electrons. The standard InChI is InChI=1S/C53H102O6/c1-5-7-9-11-13-15-17-19-21-23-28-32-36-40-44-51(54)57-47-50(48-58-52(55)45-41-37-33-29-26-25-27-31-35-39-43-49(3)4)59-53(56)46-42-38-34-30-24-22-20-18-16-14-12-10-8-6-2/h49-50H,5-48H2,1-4H3/t50-/m1/s1. The van der Waals surface area contributed by atoms with Crippen molar-refractivity contribution in [3.05, 3.63) is 0 Å². The van der Waals surface area contributed by atoms with Gasteiger partial charge in [0.05, 0.1) is 0 Å². The van der Waals surface area contributed by atoms with E-state index in [1.165, 1.54) is 193 Å². The van der Waals surface area contributed by atoms with Gasteiger partial charge in [-0.25, -0.2) is 0 Å². The second-order valence-electron chi connectivity index (χ2n) is 18.6. The summed E-state index contributed by atoms with van der Waals surface area (Å²) in [5, 5.41) is 0. The van der Waals surface area contributed by atoms with Crippen LogP contribution >= 0.6 is 0 Å². The Morgan fingerprint density at radius 3 is 0.831 bits per heavy atom. The third kappa shape index (κ3) is 47.3. The molecule has 0 aromatic carbocycles. The molecule has 0 unspecified atom stereocenters. The molecule has 0 bridgehead atoms. The normalized spacial score (nSPS) is 11.9. The smallest absolute Gasteiger partial charge is 0.306 e. The van der Waals surface area contributed by atoms with Gasteiger partial charge in [0.1, 0.15) is 13.2 Å². The molecular formula is C53H102O6. The van der Waals surface area contributed by atoms with Crippen molar-refractivity contribution in [3.63, 3.8) is 0 Å². The number of hydrogen-bond acceptors (Lipinski definition) is 6. The van der Waals surface area contributed by atoms with E-state index in [0.29, 0.717) is 19.3 Å². The van der Waals surface area contributed by atoms with E-state index in [1.807, 2.05) is 0 Å². The second-order valence-corrected chi connectivity index (χ2v) is 18.6. The highest BCUT2D eigenvalue weighted by Crippen LogP contribution is 2.17. The molecule has 0 rings (SSSR count). The molecule has 0 aliphatic carbocycles. The molecule has 0 saturated heterocycles. The second kappa shape index (κ2) is 47.5. The summed E-state index contributed by atoms with van der Waals surface area (Å²) in [6, 6.07) is 0. The van der Waals surface area contributed by atoms with Crippen molar-refractivity contribution in [2.24, 2.45) is 5.92 Å². The molecule has 0 aromatic heterocycles. The van der Waals surface area contributed by atoms with Crippen LogP contribution in [0.4, 0.5) is 0 Å². The molecule has 0 aromatic rings. The molecule has 1 atom stereocenters. The van der Waals surface area contributed by atoms with Crippen LogP contribution in [0.3, 0.4) is 0 Å². The van der Waals surface area contributed by atoms with E-state index in [9.17, 15) is 14.4 Å². The molecule has 0 N–H and O–H groups in total. The van der Waals surface area contributed by atoms with Crippen LogP contribution in [0.5, 0.6) is 0 Å². The zero-order valence-corrected chi connectivity index (χ0v) is 40.2. The highest BCUT2D eigenvalue weighted by Gasteiger charge is 2.19. The minimum Gasteiger partial charge on any atom is -0.462 e. The Balaban J connectivity index is 4.31. The maximum absolute atomic E-state index is 12.8. The van der Waals surface area contributed by atoms with Crippen LogP contribution in [-0.2, 0) is 28.6 Å². The van der Waals surface area contributed by atoms with E-state index < -0.39 is 6.10 Å². The lowest BCUT2D eigenvalue weighted by molar-refractivity contribution is -0.167. The van der Waals surface area contributed by atoms with Gasteiger partial charge >= 0.3 is 17.9 Å². The first kappa shape index (κ1) is 57.4. The lowest BCUT2D eigenvalue weighted by Gasteiger charge is -2.18. The fourth-order valence-electron chi connectivity index (χ4n) is 8.04. The van der Waals surface area contributed by atoms with Gasteiger partial charge < -0.3 is 14.2 Å². The van der Waals surface area contributed by atoms with Gasteiger partial charge in [-0.3, -0.25) is 14.4 Å². The van der Waals surface area contributed by atoms with Gasteiger partial charge in [-0.05, 0) is 25.2 Å². The van der Waals surface area contributed by atoms with Crippen molar-refractivity contribution in [3.8, 4) is 0 Å². The Labute approximate surface area is 368 Å². The molecule has 0 fully saturated rings. The molecule has 0 aliphatic heterocycles. The number of ether oxygens (including phenoxy) is 3. The van der Waals surface area contributed by atoms with Gasteiger partial charge in [-0.1, -0.05) is 259 Å². The maximum atomic E-state index is 12.8. The molecule has 0 amide bonds. The van der Waals surface area contributed by atoms with E-state index in [2.05, 4.69) is 27.7 Å². The van der Waals surface area contributed by atoms with E-state index in [1.54, 1.807) is 0 Å². The van der Waals surface area contributed by atoms with Crippen LogP contribution in [0.2, 0.25) is 0 Å². The van der Waals surface area contributed by atoms with Gasteiger partial charge in [-0.15, -0.1) is 0 Å². The highest BCUT2D eigenvalue weighted by atomic mass is 16.6. The molecule has 0 heterocycles. The van der Waals surface area contributed by atoms with E-state index in [-0.39, 0.29) is 31.1 Å². The highest BCUT2D eigenvalue weighted by molar-refractivity contribution is 5.71. The average Bonchev–Trinajstić information content (AvgIpc) is 3.22. The number of carbonyl (C=O) groups excluding carboxylic acids is 3. The third-order valence-electron chi connectivity index (χ3n) is 12.0. The third-order valence-corrected chi connectivity index (χ3v) is 12.0. The van der Waals surface area contributed by atoms with Crippen LogP contribution in [-0.4, -0.2) is 37.2 Å². The molecule has 350 valence electrons. The molecule has 6 heteroatoms. The van der Waals surface area contributed by atoms with Gasteiger partial charge in [0.15, 0.2) is 6.10 Å². The summed E-state index contributed by atoms with van der Waals surface area (Å²) in [5.74, 6) is -0.0240. The van der Waals surface area contributed by atoms with Crippen LogP contribution in [0, 0.1) is 5.92 Å². The number of unbranched alkanes of at least 4 members (excludes halogenated alkanes) is 35. The Hall–Kier alpha value is -1.59. The quantitative estimate of drug-likeness (QED) is 0.0345. The monoisotopic (exact) mass is 835 g/mol. The summed E-state index contributed by atoms with van der Waals surface area (Å²) in [6.07, 6.45) is 49.4. The fourth-order valence-corrected chi connectivity index (χ4v) is 8.04. The lowest BCUT2D eigenvalue weighted by atomic mass is 10.0. The maximum Gasteiger partial charge on any atom is 0.306 e. The largest absolute Gasteiger partial charge is 0.462 e. The zero-order chi connectivity index (χ0) is 43.1. The van der Waals surface area contributed by atoms with Crippen molar-refractivity contribution >= 4 is 17.9 Å². The topological polar surface area (TPSA) is 78.9 Å². The first-order chi connectivity index (χ1) is 28.9. The van der Waals surface area contributed by atoms with Gasteiger partial charge in [-0.2, -0.15) is 0 Å². The van der Waals surface area contributed by atoms with Crippen molar-refractivity contribution < 1.29 is 28.6 Å². The number of rotatable bonds is 48. The van der Waals surface area contributed by atoms with Gasteiger partial charge in [0.2, 0.25) is 0 Å². The Kier molecular flexibility index (Phi) is 46.2. The Morgan fingerprint density at radius 2 is 0.559 bits per heavy atom. The van der Waals surface area contributed by atoms with Crippen molar-refractivity contribution in [2.45, 2.75) is 303 Å². The predicted octanol–water partition coefficient (Wildman–Crippen LogP) is 17.1. The first-order valence-corrected chi connectivity index (χ1v) is 26.4. The Morgan fingerprint density at radius 1 is 0.322 bits per heavy atom. The minimum absolute atomic E-state index is 0.0626. The van der Waals surface area contributed by atoms with Crippen molar-refractivity contribution in [1.29, 1.82) is 0 Å². The predicted molar refractivity (Wildman–Crippen MR) is 252 cm³/mol. The van der Waals surface area contributed by atoms with E-state index >= 15 is 0 Å². The summed E-state index contributed by atoms with van der Waals surface area (Å²) in [5.41, 5.74) is 0. The van der Waals surface area contributed by atoms with Crippen molar-refractivity contribution in [2.75, 3.05) is 13.2 Å². The van der Waals surface area contributed by atoms with Crippen molar-refractivity contribution in [1.82, 2.24) is 0 Å². The Bertz CT molecular complexity index is 887. The number of carbonyl (C=O) groups is 3. The minimum atomic E-state index is -0.760. The van der Waals surface area contributed by atoms with E-state index in [0.717, 1.165) is 63.7 Å². The van der Waals surface area contributed by atoms with Crippen LogP contribution < -0.4 is 0 Å². The fraction of sp³-hybridized carbons (Fsp3) is 0.943. The summed E-state index contributed by atoms with van der Waals surface area (Å²) < 4.78 is 16.8. The first-order valence-electron chi connectivity index (χ1n) is 26.4. The zero-order valence-electron chi connectivity index (χ0n) is 40.2. The van der Waals surface area contributed by atoms with Gasteiger partial charge in [0, 0.05) is 19.3 Å². The van der Waals surface area contributed by atoms with Gasteiger partial charge in [0.25, 0.3) is 0 Å². The number of esters is 3. The summed E-state index contributed by atoms with van der Waals surface area (Å²) in [6.45, 7) is 9.02. The van der Waals surface area contributed by atoms with E-state index in [4.69, 9.17) is 14.2 Å². The molecule has 6 nitrogen and oxygen atoms in total. The average molecular weight is 835 g/mol. The van der Waals surface area contributed by atoms with Crippen LogP contribution in [0.1, 0.15) is 297 Å². The summed E-state index contributed by atoms with van der Waals surface area (Å²) in [7, 11) is 0. The van der Waals surface area contributed by atoms with Crippen LogP contribution in [0.25, 0.3) is 0 Å². The molecule has 0 saturated carbocycles. The molecule has 59 heavy (non-hydrogen) atoms. The SMILES string of the molecule is CCCCCCCCCCCCCCCCC(=O)OC[C@H](COC(=O)CCCCCCCCCCCCC(C)C)OC(=O)CCCCCCCCCCCCCCCC. The molecule has 0 aliphatic rings. The summed E-state index contributed by atoms with van der Waals surface area (Å²) >= 11 is 0. The number of hydrogen-bond donors (Lipinski definition) is 0.